The first kappa shape index (κ1) is 16.4. The van der Waals surface area contributed by atoms with Crippen molar-refractivity contribution in [2.24, 2.45) is 10.7 Å². The van der Waals surface area contributed by atoms with Crippen LogP contribution in [-0.2, 0) is 10.3 Å². The Bertz CT molecular complexity index is 1190. The second-order valence-corrected chi connectivity index (χ2v) is 6.71. The molecule has 1 unspecified atom stereocenters. The minimum absolute atomic E-state index is 0.182. The van der Waals surface area contributed by atoms with Crippen LogP contribution in [0.2, 0.25) is 0 Å². The van der Waals surface area contributed by atoms with Gasteiger partial charge in [-0.25, -0.2) is 4.99 Å². The average Bonchev–Trinajstić information content (AvgIpc) is 3.10. The summed E-state index contributed by atoms with van der Waals surface area (Å²) in [5.74, 6) is 7.49. The van der Waals surface area contributed by atoms with Crippen LogP contribution in [0.15, 0.2) is 65.9 Å². The van der Waals surface area contributed by atoms with Crippen molar-refractivity contribution in [3.63, 3.8) is 0 Å². The van der Waals surface area contributed by atoms with Gasteiger partial charge in [0, 0.05) is 34.6 Å². The molecule has 0 saturated heterocycles. The van der Waals surface area contributed by atoms with E-state index >= 15 is 0 Å². The van der Waals surface area contributed by atoms with E-state index < -0.39 is 5.54 Å². The van der Waals surface area contributed by atoms with Gasteiger partial charge in [0.15, 0.2) is 5.54 Å². The van der Waals surface area contributed by atoms with Crippen LogP contribution in [0.4, 0.5) is 0 Å². The van der Waals surface area contributed by atoms with Crippen molar-refractivity contribution >= 4 is 6.02 Å². The van der Waals surface area contributed by atoms with Crippen LogP contribution in [0.5, 0.6) is 11.5 Å². The first-order valence-electron chi connectivity index (χ1n) is 8.98. The summed E-state index contributed by atoms with van der Waals surface area (Å²) in [5, 5.41) is 0. The number of hydrogen-bond acceptors (Lipinski definition) is 5. The van der Waals surface area contributed by atoms with Crippen LogP contribution >= 0.6 is 0 Å². The predicted molar refractivity (Wildman–Crippen MR) is 107 cm³/mol. The van der Waals surface area contributed by atoms with Crippen molar-refractivity contribution < 1.29 is 9.47 Å². The Balaban J connectivity index is 1.80. The molecule has 2 aliphatic rings. The monoisotopic (exact) mass is 367 g/mol. The van der Waals surface area contributed by atoms with E-state index in [2.05, 4.69) is 16.8 Å². The molecular formula is C23H17N3O2. The topological polar surface area (TPSA) is 69.7 Å². The van der Waals surface area contributed by atoms with Crippen LogP contribution in [0.25, 0.3) is 11.1 Å². The van der Waals surface area contributed by atoms with Gasteiger partial charge in [0.1, 0.15) is 18.1 Å². The van der Waals surface area contributed by atoms with Gasteiger partial charge in [0.2, 0.25) is 0 Å². The van der Waals surface area contributed by atoms with E-state index in [1.807, 2.05) is 61.7 Å². The summed E-state index contributed by atoms with van der Waals surface area (Å²) >= 11 is 0. The maximum Gasteiger partial charge on any atom is 0.283 e. The summed E-state index contributed by atoms with van der Waals surface area (Å²) in [5.41, 5.74) is 9.85. The lowest BCUT2D eigenvalue weighted by molar-refractivity contribution is 0.265. The molecule has 0 fully saturated rings. The van der Waals surface area contributed by atoms with Gasteiger partial charge in [0.25, 0.3) is 6.02 Å². The van der Waals surface area contributed by atoms with Crippen LogP contribution in [-0.4, -0.2) is 17.6 Å². The Kier molecular flexibility index (Phi) is 3.59. The summed E-state index contributed by atoms with van der Waals surface area (Å²) in [6.45, 7) is 2.13. The third-order valence-electron chi connectivity index (χ3n) is 5.04. The van der Waals surface area contributed by atoms with Crippen molar-refractivity contribution in [3.8, 4) is 34.5 Å². The highest BCUT2D eigenvalue weighted by atomic mass is 16.5. The number of para-hydroxylation sites is 1. The third kappa shape index (κ3) is 2.35. The molecule has 0 bridgehead atoms. The largest absolute Gasteiger partial charge is 0.462 e. The second kappa shape index (κ2) is 6.14. The number of rotatable bonds is 1. The number of hydrogen-bond donors (Lipinski definition) is 1. The SMILES string of the molecule is CC#Cc1cncc(-c2cccc3c2C2(COC(N)=N2)c2ccccc2O3)c1. The summed E-state index contributed by atoms with van der Waals surface area (Å²) < 4.78 is 11.9. The van der Waals surface area contributed by atoms with E-state index in [1.54, 1.807) is 6.20 Å². The molecule has 5 nitrogen and oxygen atoms in total. The van der Waals surface area contributed by atoms with Crippen LogP contribution in [0.1, 0.15) is 23.6 Å². The molecule has 5 heteroatoms. The maximum absolute atomic E-state index is 6.23. The smallest absolute Gasteiger partial charge is 0.283 e. The normalized spacial score (nSPS) is 18.8. The van der Waals surface area contributed by atoms with Crippen LogP contribution in [0, 0.1) is 11.8 Å². The van der Waals surface area contributed by atoms with E-state index in [-0.39, 0.29) is 6.02 Å². The molecule has 0 amide bonds. The molecule has 0 saturated carbocycles. The van der Waals surface area contributed by atoms with E-state index in [9.17, 15) is 0 Å². The molecule has 28 heavy (non-hydrogen) atoms. The molecule has 2 aromatic carbocycles. The number of nitrogens with zero attached hydrogens (tertiary/aromatic N) is 2. The molecule has 0 radical (unpaired) electrons. The Morgan fingerprint density at radius 1 is 1.07 bits per heavy atom. The number of fused-ring (bicyclic) bond motifs is 4. The Morgan fingerprint density at radius 3 is 2.75 bits per heavy atom. The summed E-state index contributed by atoms with van der Waals surface area (Å²) in [7, 11) is 0. The fourth-order valence-corrected chi connectivity index (χ4v) is 3.93. The zero-order valence-electron chi connectivity index (χ0n) is 15.3. The van der Waals surface area contributed by atoms with E-state index in [0.717, 1.165) is 39.3 Å². The van der Waals surface area contributed by atoms with Gasteiger partial charge in [-0.15, -0.1) is 5.92 Å². The van der Waals surface area contributed by atoms with Crippen molar-refractivity contribution in [1.29, 1.82) is 0 Å². The third-order valence-corrected chi connectivity index (χ3v) is 5.04. The lowest BCUT2D eigenvalue weighted by Crippen LogP contribution is -2.31. The van der Waals surface area contributed by atoms with E-state index in [4.69, 9.17) is 20.2 Å². The lowest BCUT2D eigenvalue weighted by Gasteiger charge is -2.35. The molecule has 2 N–H and O–H groups in total. The fraction of sp³-hybridized carbons (Fsp3) is 0.130. The molecule has 0 aliphatic carbocycles. The first-order chi connectivity index (χ1) is 13.7. The molecule has 3 heterocycles. The Hall–Kier alpha value is -3.78. The molecule has 1 atom stereocenters. The standard InChI is InChI=1S/C23H17N3O2/c1-2-6-15-11-16(13-25-12-15)17-7-5-10-20-21(17)23(14-27-22(24)26-23)18-8-3-4-9-19(18)28-20/h3-5,7-13H,14H2,1H3,(H2,24,26). The molecule has 136 valence electrons. The predicted octanol–water partition coefficient (Wildman–Crippen LogP) is 3.81. The van der Waals surface area contributed by atoms with Crippen molar-refractivity contribution in [2.75, 3.05) is 6.61 Å². The molecule has 3 aromatic rings. The number of amidine groups is 1. The highest BCUT2D eigenvalue weighted by molar-refractivity contribution is 5.81. The lowest BCUT2D eigenvalue weighted by atomic mass is 9.78. The highest BCUT2D eigenvalue weighted by Gasteiger charge is 2.48. The van der Waals surface area contributed by atoms with E-state index in [0.29, 0.717) is 6.61 Å². The maximum atomic E-state index is 6.23. The number of pyridine rings is 1. The zero-order valence-corrected chi connectivity index (χ0v) is 15.3. The minimum Gasteiger partial charge on any atom is -0.462 e. The second-order valence-electron chi connectivity index (χ2n) is 6.71. The molecule has 5 rings (SSSR count). The van der Waals surface area contributed by atoms with Gasteiger partial charge >= 0.3 is 0 Å². The van der Waals surface area contributed by atoms with Gasteiger partial charge < -0.3 is 15.2 Å². The zero-order chi connectivity index (χ0) is 19.1. The number of nitrogens with two attached hydrogens (primary N) is 1. The number of aliphatic imine (C=N–C) groups is 1. The number of benzene rings is 2. The van der Waals surface area contributed by atoms with Crippen molar-refractivity contribution in [3.05, 3.63) is 77.6 Å². The van der Waals surface area contributed by atoms with Crippen molar-refractivity contribution in [2.45, 2.75) is 12.5 Å². The summed E-state index contributed by atoms with van der Waals surface area (Å²) in [6.07, 6.45) is 3.58. The Morgan fingerprint density at radius 2 is 1.93 bits per heavy atom. The van der Waals surface area contributed by atoms with Gasteiger partial charge in [-0.1, -0.05) is 36.3 Å². The van der Waals surface area contributed by atoms with Gasteiger partial charge in [0.05, 0.1) is 0 Å². The fourth-order valence-electron chi connectivity index (χ4n) is 3.93. The van der Waals surface area contributed by atoms with Gasteiger partial charge in [-0.3, -0.25) is 4.98 Å². The molecule has 1 aromatic heterocycles. The van der Waals surface area contributed by atoms with Gasteiger partial charge in [-0.2, -0.15) is 0 Å². The highest BCUT2D eigenvalue weighted by Crippen LogP contribution is 2.53. The molecule has 2 aliphatic heterocycles. The first-order valence-corrected chi connectivity index (χ1v) is 8.98. The van der Waals surface area contributed by atoms with E-state index in [1.165, 1.54) is 0 Å². The number of ether oxygens (including phenoxy) is 2. The van der Waals surface area contributed by atoms with Crippen molar-refractivity contribution in [1.82, 2.24) is 4.98 Å². The molecular weight excluding hydrogens is 350 g/mol. The summed E-state index contributed by atoms with van der Waals surface area (Å²) in [6, 6.07) is 16.0. The number of aromatic nitrogens is 1. The average molecular weight is 367 g/mol. The van der Waals surface area contributed by atoms with Gasteiger partial charge in [-0.05, 0) is 30.7 Å². The minimum atomic E-state index is -0.753. The van der Waals surface area contributed by atoms with Crippen LogP contribution < -0.4 is 10.5 Å². The van der Waals surface area contributed by atoms with Crippen LogP contribution in [0.3, 0.4) is 0 Å². The Labute approximate surface area is 162 Å². The summed E-state index contributed by atoms with van der Waals surface area (Å²) in [4.78, 5) is 9.12. The molecule has 1 spiro atoms. The quantitative estimate of drug-likeness (QED) is 0.664.